The van der Waals surface area contributed by atoms with Gasteiger partial charge in [-0.1, -0.05) is 0 Å². The molecular formula is C14H15F3N6O2. The molecule has 0 saturated heterocycles. The Balaban J connectivity index is 2.22. The molecule has 0 radical (unpaired) electrons. The summed E-state index contributed by atoms with van der Waals surface area (Å²) in [7, 11) is 0. The minimum absolute atomic E-state index is 0.191. The molecular weight excluding hydrogens is 341 g/mol. The van der Waals surface area contributed by atoms with Gasteiger partial charge in [0.2, 0.25) is 0 Å². The number of imidazole rings is 1. The highest BCUT2D eigenvalue weighted by molar-refractivity contribution is 5.76. The van der Waals surface area contributed by atoms with E-state index >= 15 is 0 Å². The van der Waals surface area contributed by atoms with Crippen LogP contribution in [0.4, 0.5) is 13.2 Å². The van der Waals surface area contributed by atoms with Crippen molar-refractivity contribution in [3.8, 4) is 11.4 Å². The first kappa shape index (κ1) is 17.0. The summed E-state index contributed by atoms with van der Waals surface area (Å²) in [6.45, 7) is 2.91. The Bertz CT molecular complexity index is 1040. The van der Waals surface area contributed by atoms with Gasteiger partial charge in [-0.05, 0) is 13.8 Å². The molecule has 3 aromatic rings. The summed E-state index contributed by atoms with van der Waals surface area (Å²) in [4.78, 5) is 30.7. The van der Waals surface area contributed by atoms with Crippen molar-refractivity contribution in [2.45, 2.75) is 39.7 Å². The zero-order chi connectivity index (χ0) is 18.4. The van der Waals surface area contributed by atoms with Gasteiger partial charge in [-0.2, -0.15) is 18.3 Å². The molecule has 0 aliphatic heterocycles. The van der Waals surface area contributed by atoms with Crippen molar-refractivity contribution in [2.75, 3.05) is 0 Å². The fraction of sp³-hybridized carbons (Fsp3) is 0.429. The number of fused-ring (bicyclic) bond motifs is 1. The van der Waals surface area contributed by atoms with Gasteiger partial charge >= 0.3 is 11.9 Å². The fourth-order valence-electron chi connectivity index (χ4n) is 2.74. The Hall–Kier alpha value is -2.85. The minimum atomic E-state index is -4.39. The van der Waals surface area contributed by atoms with Crippen LogP contribution in [0.15, 0.2) is 22.0 Å². The summed E-state index contributed by atoms with van der Waals surface area (Å²) in [6, 6.07) is 0. The Morgan fingerprint density at radius 2 is 1.84 bits per heavy atom. The van der Waals surface area contributed by atoms with Crippen molar-refractivity contribution in [1.82, 2.24) is 28.9 Å². The van der Waals surface area contributed by atoms with Gasteiger partial charge in [0.15, 0.2) is 11.2 Å². The zero-order valence-electron chi connectivity index (χ0n) is 13.5. The summed E-state index contributed by atoms with van der Waals surface area (Å²) in [5, 5.41) is 3.69. The molecule has 0 fully saturated rings. The highest BCUT2D eigenvalue weighted by Gasteiger charge is 2.29. The van der Waals surface area contributed by atoms with E-state index in [1.165, 1.54) is 17.0 Å². The summed E-state index contributed by atoms with van der Waals surface area (Å²) in [6.07, 6.45) is -1.93. The lowest BCUT2D eigenvalue weighted by molar-refractivity contribution is -0.142. The standard InChI is InChI=1S/C14H15F3N6O2/c1-3-22-9-11(23(4-2)13(25)20-12(9)24)19-10(22)8-5-18-21(6-8)7-14(15,16)17/h5-6H,3-4,7H2,1-2H3,(H,20,24,25). The third-order valence-corrected chi connectivity index (χ3v) is 3.75. The van der Waals surface area contributed by atoms with Gasteiger partial charge in [0.05, 0.1) is 11.8 Å². The van der Waals surface area contributed by atoms with Gasteiger partial charge in [-0.3, -0.25) is 19.0 Å². The van der Waals surface area contributed by atoms with Crippen LogP contribution < -0.4 is 11.2 Å². The van der Waals surface area contributed by atoms with E-state index in [1.54, 1.807) is 18.4 Å². The lowest BCUT2D eigenvalue weighted by atomic mass is 10.3. The maximum atomic E-state index is 12.5. The van der Waals surface area contributed by atoms with E-state index in [-0.39, 0.29) is 17.0 Å². The van der Waals surface area contributed by atoms with Crippen molar-refractivity contribution in [2.24, 2.45) is 0 Å². The largest absolute Gasteiger partial charge is 0.408 e. The number of hydrogen-bond donors (Lipinski definition) is 1. The number of rotatable bonds is 4. The van der Waals surface area contributed by atoms with Crippen LogP contribution >= 0.6 is 0 Å². The number of alkyl halides is 3. The number of aromatic nitrogens is 6. The lowest BCUT2D eigenvalue weighted by Gasteiger charge is -2.05. The normalized spacial score (nSPS) is 12.2. The van der Waals surface area contributed by atoms with Crippen LogP contribution in [0.5, 0.6) is 0 Å². The number of aromatic amines is 1. The maximum absolute atomic E-state index is 12.5. The number of nitrogens with one attached hydrogen (secondary N) is 1. The quantitative estimate of drug-likeness (QED) is 0.764. The monoisotopic (exact) mass is 356 g/mol. The summed E-state index contributed by atoms with van der Waals surface area (Å²) < 4.78 is 41.1. The lowest BCUT2D eigenvalue weighted by Crippen LogP contribution is -2.30. The van der Waals surface area contributed by atoms with Crippen molar-refractivity contribution in [1.29, 1.82) is 0 Å². The van der Waals surface area contributed by atoms with Gasteiger partial charge < -0.3 is 4.57 Å². The predicted octanol–water partition coefficient (Wildman–Crippen LogP) is 1.35. The van der Waals surface area contributed by atoms with Crippen molar-refractivity contribution >= 4 is 11.2 Å². The number of aryl methyl sites for hydroxylation is 2. The fourth-order valence-corrected chi connectivity index (χ4v) is 2.74. The van der Waals surface area contributed by atoms with E-state index in [2.05, 4.69) is 15.1 Å². The number of hydrogen-bond acceptors (Lipinski definition) is 4. The van der Waals surface area contributed by atoms with Crippen molar-refractivity contribution in [3.05, 3.63) is 33.2 Å². The van der Waals surface area contributed by atoms with Gasteiger partial charge in [0.1, 0.15) is 12.4 Å². The van der Waals surface area contributed by atoms with Crippen LogP contribution in [-0.4, -0.2) is 35.1 Å². The van der Waals surface area contributed by atoms with Crippen molar-refractivity contribution < 1.29 is 13.2 Å². The third-order valence-electron chi connectivity index (χ3n) is 3.75. The van der Waals surface area contributed by atoms with Crippen LogP contribution in [-0.2, 0) is 19.6 Å². The van der Waals surface area contributed by atoms with Crippen LogP contribution in [0, 0.1) is 0 Å². The first-order chi connectivity index (χ1) is 11.7. The minimum Gasteiger partial charge on any atom is -0.318 e. The molecule has 0 bridgehead atoms. The van der Waals surface area contributed by atoms with E-state index in [4.69, 9.17) is 0 Å². The SMILES string of the molecule is CCn1c(-c2cnn(CC(F)(F)F)c2)nc2c1c(=O)[nH]c(=O)n2CC. The molecule has 25 heavy (non-hydrogen) atoms. The van der Waals surface area contributed by atoms with Gasteiger partial charge in [0.25, 0.3) is 5.56 Å². The van der Waals surface area contributed by atoms with E-state index in [9.17, 15) is 22.8 Å². The first-order valence-corrected chi connectivity index (χ1v) is 7.58. The first-order valence-electron chi connectivity index (χ1n) is 7.58. The van der Waals surface area contributed by atoms with E-state index < -0.39 is 24.0 Å². The van der Waals surface area contributed by atoms with Gasteiger partial charge in [-0.25, -0.2) is 9.78 Å². The third kappa shape index (κ3) is 2.96. The van der Waals surface area contributed by atoms with Crippen LogP contribution in [0.2, 0.25) is 0 Å². The smallest absolute Gasteiger partial charge is 0.318 e. The molecule has 0 atom stereocenters. The number of halogens is 3. The summed E-state index contributed by atoms with van der Waals surface area (Å²) >= 11 is 0. The molecule has 0 spiro atoms. The summed E-state index contributed by atoms with van der Waals surface area (Å²) in [5.74, 6) is 0.282. The van der Waals surface area contributed by atoms with Crippen LogP contribution in [0.25, 0.3) is 22.6 Å². The molecule has 0 amide bonds. The predicted molar refractivity (Wildman–Crippen MR) is 83.2 cm³/mol. The average molecular weight is 356 g/mol. The molecule has 8 nitrogen and oxygen atoms in total. The maximum Gasteiger partial charge on any atom is 0.408 e. The molecule has 11 heteroatoms. The molecule has 0 aliphatic rings. The molecule has 134 valence electrons. The van der Waals surface area contributed by atoms with E-state index in [1.807, 2.05) is 0 Å². The molecule has 0 aromatic carbocycles. The van der Waals surface area contributed by atoms with Gasteiger partial charge in [0, 0.05) is 19.3 Å². The Morgan fingerprint density at radius 1 is 1.16 bits per heavy atom. The summed E-state index contributed by atoms with van der Waals surface area (Å²) in [5.41, 5.74) is -0.455. The molecule has 0 aliphatic carbocycles. The molecule has 3 rings (SSSR count). The second-order valence-corrected chi connectivity index (χ2v) is 5.40. The van der Waals surface area contributed by atoms with Crippen LogP contribution in [0.3, 0.4) is 0 Å². The number of nitrogens with zero attached hydrogens (tertiary/aromatic N) is 5. The number of H-pyrrole nitrogens is 1. The molecule has 1 N–H and O–H groups in total. The highest BCUT2D eigenvalue weighted by atomic mass is 19.4. The second kappa shape index (κ2) is 5.90. The molecule has 0 saturated carbocycles. The van der Waals surface area contributed by atoms with Crippen molar-refractivity contribution in [3.63, 3.8) is 0 Å². The second-order valence-electron chi connectivity index (χ2n) is 5.40. The average Bonchev–Trinajstić information content (AvgIpc) is 3.09. The van der Waals surface area contributed by atoms with E-state index in [0.29, 0.717) is 18.7 Å². The Morgan fingerprint density at radius 3 is 2.44 bits per heavy atom. The zero-order valence-corrected chi connectivity index (χ0v) is 13.5. The molecule has 3 aromatic heterocycles. The topological polar surface area (TPSA) is 90.5 Å². The van der Waals surface area contributed by atoms with Crippen LogP contribution in [0.1, 0.15) is 13.8 Å². The molecule has 3 heterocycles. The van der Waals surface area contributed by atoms with Gasteiger partial charge in [-0.15, -0.1) is 0 Å². The highest BCUT2D eigenvalue weighted by Crippen LogP contribution is 2.23. The Kier molecular flexibility index (Phi) is 4.01. The molecule has 0 unspecified atom stereocenters. The van der Waals surface area contributed by atoms with E-state index in [0.717, 1.165) is 4.68 Å². The Labute approximate surface area is 138 Å².